The van der Waals surface area contributed by atoms with Crippen LogP contribution in [-0.4, -0.2) is 27.3 Å². The Labute approximate surface area is 147 Å². The number of hydrogen-bond acceptors (Lipinski definition) is 6. The topological polar surface area (TPSA) is 101 Å². The number of aromatic amines is 1. The van der Waals surface area contributed by atoms with Crippen LogP contribution in [0.25, 0.3) is 33.7 Å². The van der Waals surface area contributed by atoms with Gasteiger partial charge in [0.1, 0.15) is 17.1 Å². The molecule has 0 atom stereocenters. The summed E-state index contributed by atoms with van der Waals surface area (Å²) in [5.74, 6) is 0.587. The van der Waals surface area contributed by atoms with E-state index in [9.17, 15) is 9.90 Å². The van der Waals surface area contributed by atoms with E-state index < -0.39 is 5.56 Å². The van der Waals surface area contributed by atoms with E-state index in [0.29, 0.717) is 22.2 Å². The summed E-state index contributed by atoms with van der Waals surface area (Å²) in [5, 5.41) is 15.0. The first-order valence-corrected chi connectivity index (χ1v) is 7.91. The fraction of sp³-hybridized carbons (Fsp3) is 0.105. The molecule has 0 fully saturated rings. The summed E-state index contributed by atoms with van der Waals surface area (Å²) < 4.78 is 10.5. The van der Waals surface area contributed by atoms with Gasteiger partial charge in [-0.1, -0.05) is 28.9 Å². The van der Waals surface area contributed by atoms with Crippen molar-refractivity contribution in [1.82, 2.24) is 15.1 Å². The minimum Gasteiger partial charge on any atom is -0.506 e. The molecular formula is C19H15N3O4. The van der Waals surface area contributed by atoms with Crippen LogP contribution in [0.3, 0.4) is 0 Å². The number of pyridine rings is 1. The number of nitrogens with zero attached hydrogens (tertiary/aromatic N) is 2. The Bertz CT molecular complexity index is 1180. The minimum atomic E-state index is -0.505. The van der Waals surface area contributed by atoms with Gasteiger partial charge in [-0.25, -0.2) is 0 Å². The van der Waals surface area contributed by atoms with Crippen molar-refractivity contribution >= 4 is 10.9 Å². The number of fused-ring (bicyclic) bond motifs is 1. The van der Waals surface area contributed by atoms with Gasteiger partial charge in [-0.05, 0) is 31.2 Å². The number of ether oxygens (including phenoxy) is 1. The highest BCUT2D eigenvalue weighted by molar-refractivity contribution is 5.90. The Balaban J connectivity index is 1.89. The van der Waals surface area contributed by atoms with Gasteiger partial charge >= 0.3 is 0 Å². The van der Waals surface area contributed by atoms with Crippen LogP contribution in [0.4, 0.5) is 0 Å². The van der Waals surface area contributed by atoms with Gasteiger partial charge in [-0.2, -0.15) is 4.98 Å². The molecule has 2 aromatic heterocycles. The van der Waals surface area contributed by atoms with Crippen molar-refractivity contribution < 1.29 is 14.4 Å². The predicted molar refractivity (Wildman–Crippen MR) is 96.3 cm³/mol. The largest absolute Gasteiger partial charge is 0.506 e. The zero-order chi connectivity index (χ0) is 18.3. The third kappa shape index (κ3) is 2.50. The van der Waals surface area contributed by atoms with Crippen LogP contribution in [0.15, 0.2) is 51.8 Å². The Morgan fingerprint density at radius 3 is 2.81 bits per heavy atom. The summed E-state index contributed by atoms with van der Waals surface area (Å²) in [7, 11) is 1.54. The van der Waals surface area contributed by atoms with Crippen LogP contribution >= 0.6 is 0 Å². The van der Waals surface area contributed by atoms with Gasteiger partial charge in [0.25, 0.3) is 11.4 Å². The molecule has 2 aromatic carbocycles. The van der Waals surface area contributed by atoms with Crippen molar-refractivity contribution in [3.63, 3.8) is 0 Å². The second-order valence-electron chi connectivity index (χ2n) is 5.85. The third-order valence-electron chi connectivity index (χ3n) is 4.13. The molecular weight excluding hydrogens is 334 g/mol. The molecule has 0 aliphatic rings. The maximum absolute atomic E-state index is 12.4. The second kappa shape index (κ2) is 6.03. The van der Waals surface area contributed by atoms with Crippen molar-refractivity contribution in [1.29, 1.82) is 0 Å². The first-order chi connectivity index (χ1) is 12.6. The van der Waals surface area contributed by atoms with Crippen LogP contribution in [-0.2, 0) is 0 Å². The van der Waals surface area contributed by atoms with Gasteiger partial charge in [-0.15, -0.1) is 0 Å². The molecule has 0 saturated heterocycles. The van der Waals surface area contributed by atoms with Crippen LogP contribution in [0.5, 0.6) is 11.5 Å². The van der Waals surface area contributed by atoms with Crippen LogP contribution < -0.4 is 10.3 Å². The van der Waals surface area contributed by atoms with Crippen molar-refractivity contribution in [3.8, 4) is 34.3 Å². The molecule has 0 aliphatic heterocycles. The number of hydrogen-bond donors (Lipinski definition) is 2. The standard InChI is InChI=1S/C19H15N3O4/c1-10-7-8-13-12(9-10)16(23)15(18(24)20-13)19-21-17(22-26-19)11-5-3-4-6-14(11)25-2/h3-9H,1-2H3,(H2,20,23,24). The van der Waals surface area contributed by atoms with E-state index in [0.717, 1.165) is 5.56 Å². The van der Waals surface area contributed by atoms with E-state index in [2.05, 4.69) is 15.1 Å². The highest BCUT2D eigenvalue weighted by Crippen LogP contribution is 2.34. The van der Waals surface area contributed by atoms with Gasteiger partial charge in [0.2, 0.25) is 5.82 Å². The summed E-state index contributed by atoms with van der Waals surface area (Å²) in [6.45, 7) is 1.90. The quantitative estimate of drug-likeness (QED) is 0.589. The molecule has 7 heteroatoms. The van der Waals surface area contributed by atoms with Gasteiger partial charge in [0.05, 0.1) is 18.2 Å². The highest BCUT2D eigenvalue weighted by Gasteiger charge is 2.21. The first-order valence-electron chi connectivity index (χ1n) is 7.91. The number of benzene rings is 2. The Kier molecular flexibility index (Phi) is 3.69. The lowest BCUT2D eigenvalue weighted by Gasteiger charge is -2.05. The third-order valence-corrected chi connectivity index (χ3v) is 4.13. The maximum Gasteiger partial charge on any atom is 0.267 e. The van der Waals surface area contributed by atoms with Crippen molar-refractivity contribution in [2.75, 3.05) is 7.11 Å². The molecule has 2 heterocycles. The van der Waals surface area contributed by atoms with Gasteiger partial charge in [-0.3, -0.25) is 4.79 Å². The first kappa shape index (κ1) is 15.9. The van der Waals surface area contributed by atoms with Crippen LogP contribution in [0.2, 0.25) is 0 Å². The van der Waals surface area contributed by atoms with Gasteiger partial charge in [0, 0.05) is 5.39 Å². The van der Waals surface area contributed by atoms with Crippen LogP contribution in [0.1, 0.15) is 5.56 Å². The fourth-order valence-corrected chi connectivity index (χ4v) is 2.85. The Morgan fingerprint density at radius 1 is 1.19 bits per heavy atom. The number of H-pyrrole nitrogens is 1. The number of methoxy groups -OCH3 is 1. The molecule has 4 rings (SSSR count). The lowest BCUT2D eigenvalue weighted by Crippen LogP contribution is -2.09. The highest BCUT2D eigenvalue weighted by atomic mass is 16.5. The lowest BCUT2D eigenvalue weighted by molar-refractivity contribution is 0.412. The average Bonchev–Trinajstić information content (AvgIpc) is 3.12. The van der Waals surface area contributed by atoms with Crippen molar-refractivity contribution in [2.45, 2.75) is 6.92 Å². The van der Waals surface area contributed by atoms with Gasteiger partial charge < -0.3 is 19.4 Å². The molecule has 4 aromatic rings. The summed E-state index contributed by atoms with van der Waals surface area (Å²) >= 11 is 0. The molecule has 130 valence electrons. The van der Waals surface area contributed by atoms with E-state index in [1.54, 1.807) is 31.4 Å². The SMILES string of the molecule is COc1ccccc1-c1noc(-c2c(O)c3cc(C)ccc3[nH]c2=O)n1. The number of rotatable bonds is 3. The van der Waals surface area contributed by atoms with Gasteiger partial charge in [0.15, 0.2) is 0 Å². The fourth-order valence-electron chi connectivity index (χ4n) is 2.85. The number of aromatic nitrogens is 3. The zero-order valence-electron chi connectivity index (χ0n) is 14.1. The zero-order valence-corrected chi connectivity index (χ0v) is 14.1. The number of para-hydroxylation sites is 1. The molecule has 0 radical (unpaired) electrons. The Hall–Kier alpha value is -3.61. The molecule has 0 aliphatic carbocycles. The molecule has 7 nitrogen and oxygen atoms in total. The molecule has 0 amide bonds. The van der Waals surface area contributed by atoms with Crippen LogP contribution in [0, 0.1) is 6.92 Å². The average molecular weight is 349 g/mol. The van der Waals surface area contributed by atoms with E-state index in [4.69, 9.17) is 9.26 Å². The van der Waals surface area contributed by atoms with E-state index in [1.165, 1.54) is 0 Å². The summed E-state index contributed by atoms with van der Waals surface area (Å²) in [5.41, 5.74) is 1.54. The van der Waals surface area contributed by atoms with Crippen molar-refractivity contribution in [2.24, 2.45) is 0 Å². The number of nitrogens with one attached hydrogen (secondary N) is 1. The molecule has 0 bridgehead atoms. The molecule has 0 spiro atoms. The normalized spacial score (nSPS) is 11.0. The van der Waals surface area contributed by atoms with Crippen molar-refractivity contribution in [3.05, 3.63) is 58.4 Å². The molecule has 2 N–H and O–H groups in total. The molecule has 26 heavy (non-hydrogen) atoms. The number of aromatic hydroxyl groups is 1. The lowest BCUT2D eigenvalue weighted by atomic mass is 10.1. The maximum atomic E-state index is 12.4. The monoisotopic (exact) mass is 349 g/mol. The molecule has 0 unspecified atom stereocenters. The van der Waals surface area contributed by atoms with E-state index in [1.807, 2.05) is 25.1 Å². The van der Waals surface area contributed by atoms with E-state index >= 15 is 0 Å². The number of aryl methyl sites for hydroxylation is 1. The summed E-state index contributed by atoms with van der Waals surface area (Å²) in [6.07, 6.45) is 0. The summed E-state index contributed by atoms with van der Waals surface area (Å²) in [6, 6.07) is 12.6. The smallest absolute Gasteiger partial charge is 0.267 e. The minimum absolute atomic E-state index is 0.0586. The molecule has 0 saturated carbocycles. The van der Waals surface area contributed by atoms with E-state index in [-0.39, 0.29) is 23.0 Å². The predicted octanol–water partition coefficient (Wildman–Crippen LogP) is 3.27. The second-order valence-corrected chi connectivity index (χ2v) is 5.85. The summed E-state index contributed by atoms with van der Waals surface area (Å²) in [4.78, 5) is 19.4. The Morgan fingerprint density at radius 2 is 2.00 bits per heavy atom.